The highest BCUT2D eigenvalue weighted by atomic mass is 79.9. The number of ether oxygens (including phenoxy) is 1. The molecule has 0 atom stereocenters. The summed E-state index contributed by atoms with van der Waals surface area (Å²) in [4.78, 5) is 15.3. The molecule has 0 radical (unpaired) electrons. The molecule has 1 aromatic carbocycles. The van der Waals surface area contributed by atoms with Crippen molar-refractivity contribution in [3.8, 4) is 0 Å². The summed E-state index contributed by atoms with van der Waals surface area (Å²) in [5.41, 5.74) is 0.455. The number of benzene rings is 1. The summed E-state index contributed by atoms with van der Waals surface area (Å²) < 4.78 is 31.9. The van der Waals surface area contributed by atoms with E-state index >= 15 is 0 Å². The van der Waals surface area contributed by atoms with E-state index in [0.717, 1.165) is 11.3 Å². The van der Waals surface area contributed by atoms with Gasteiger partial charge in [0.05, 0.1) is 19.2 Å². The van der Waals surface area contributed by atoms with Crippen LogP contribution in [0.4, 0.5) is 5.13 Å². The molecule has 1 heterocycles. The smallest absolute Gasteiger partial charge is 0.311 e. The number of carbonyl (C=O) groups excluding carboxylic acids is 1. The number of aromatic nitrogens is 1. The summed E-state index contributed by atoms with van der Waals surface area (Å²) in [6.45, 7) is 0. The molecule has 0 aliphatic heterocycles. The molecule has 0 saturated carbocycles. The Morgan fingerprint density at radius 1 is 1.43 bits per heavy atom. The van der Waals surface area contributed by atoms with E-state index in [9.17, 15) is 13.2 Å². The van der Waals surface area contributed by atoms with Crippen LogP contribution < -0.4 is 4.72 Å². The Bertz CT molecular complexity index is 758. The van der Waals surface area contributed by atoms with Crippen LogP contribution in [0.5, 0.6) is 0 Å². The summed E-state index contributed by atoms with van der Waals surface area (Å²) >= 11 is 4.30. The number of halogens is 1. The molecule has 0 aliphatic rings. The number of anilines is 1. The average molecular weight is 391 g/mol. The maximum Gasteiger partial charge on any atom is 0.311 e. The Morgan fingerprint density at radius 2 is 2.14 bits per heavy atom. The summed E-state index contributed by atoms with van der Waals surface area (Å²) in [7, 11) is -2.45. The molecule has 0 fully saturated rings. The molecule has 0 aliphatic carbocycles. The average Bonchev–Trinajstić information content (AvgIpc) is 2.85. The highest BCUT2D eigenvalue weighted by Crippen LogP contribution is 2.25. The SMILES string of the molecule is COC(=O)Cc1csc(NS(=O)(=O)c2ccccc2Br)n1. The van der Waals surface area contributed by atoms with Gasteiger partial charge in [0, 0.05) is 9.85 Å². The molecule has 1 N–H and O–H groups in total. The van der Waals surface area contributed by atoms with Crippen molar-refractivity contribution in [2.75, 3.05) is 11.8 Å². The standard InChI is InChI=1S/C12H11BrN2O4S2/c1-19-11(16)6-8-7-20-12(14-8)15-21(17,18)10-5-3-2-4-9(10)13/h2-5,7H,6H2,1H3,(H,14,15). The maximum atomic E-state index is 12.2. The molecule has 2 rings (SSSR count). The Labute approximate surface area is 134 Å². The first kappa shape index (κ1) is 15.9. The molecule has 21 heavy (non-hydrogen) atoms. The van der Waals surface area contributed by atoms with Crippen LogP contribution in [0.25, 0.3) is 0 Å². The first-order chi connectivity index (χ1) is 9.92. The quantitative estimate of drug-likeness (QED) is 0.792. The van der Waals surface area contributed by atoms with E-state index in [1.54, 1.807) is 23.6 Å². The number of sulfonamides is 1. The maximum absolute atomic E-state index is 12.2. The van der Waals surface area contributed by atoms with Crippen molar-refractivity contribution in [2.24, 2.45) is 0 Å². The molecule has 6 nitrogen and oxygen atoms in total. The Hall–Kier alpha value is -1.45. The van der Waals surface area contributed by atoms with Crippen molar-refractivity contribution >= 4 is 48.4 Å². The van der Waals surface area contributed by atoms with Gasteiger partial charge in [0.15, 0.2) is 5.13 Å². The lowest BCUT2D eigenvalue weighted by Crippen LogP contribution is -2.13. The normalized spacial score (nSPS) is 11.1. The van der Waals surface area contributed by atoms with Crippen LogP contribution in [-0.2, 0) is 26.0 Å². The van der Waals surface area contributed by atoms with E-state index in [1.165, 1.54) is 13.2 Å². The van der Waals surface area contributed by atoms with Gasteiger partial charge in [-0.2, -0.15) is 0 Å². The molecule has 112 valence electrons. The van der Waals surface area contributed by atoms with E-state index in [2.05, 4.69) is 30.4 Å². The van der Waals surface area contributed by atoms with Crippen molar-refractivity contribution in [3.05, 3.63) is 39.8 Å². The van der Waals surface area contributed by atoms with Gasteiger partial charge in [0.25, 0.3) is 10.0 Å². The van der Waals surface area contributed by atoms with E-state index in [4.69, 9.17) is 0 Å². The summed E-state index contributed by atoms with van der Waals surface area (Å²) in [5.74, 6) is -0.430. The minimum atomic E-state index is -3.73. The van der Waals surface area contributed by atoms with Crippen molar-refractivity contribution < 1.29 is 17.9 Å². The van der Waals surface area contributed by atoms with Crippen molar-refractivity contribution in [3.63, 3.8) is 0 Å². The fourth-order valence-electron chi connectivity index (χ4n) is 1.49. The molecular formula is C12H11BrN2O4S2. The van der Waals surface area contributed by atoms with Gasteiger partial charge < -0.3 is 4.74 Å². The first-order valence-corrected chi connectivity index (χ1v) is 8.86. The Kier molecular flexibility index (Phi) is 4.96. The molecular weight excluding hydrogens is 380 g/mol. The molecule has 9 heteroatoms. The zero-order valence-corrected chi connectivity index (χ0v) is 14.1. The van der Waals surface area contributed by atoms with Crippen LogP contribution in [-0.4, -0.2) is 26.5 Å². The fourth-order valence-corrected chi connectivity index (χ4v) is 4.45. The van der Waals surface area contributed by atoms with Crippen molar-refractivity contribution in [2.45, 2.75) is 11.3 Å². The highest BCUT2D eigenvalue weighted by Gasteiger charge is 2.19. The lowest BCUT2D eigenvalue weighted by Gasteiger charge is -2.06. The summed E-state index contributed by atoms with van der Waals surface area (Å²) in [5, 5.41) is 1.80. The van der Waals surface area contributed by atoms with Crippen molar-refractivity contribution in [1.29, 1.82) is 0 Å². The van der Waals surface area contributed by atoms with E-state index in [1.807, 2.05) is 0 Å². The lowest BCUT2D eigenvalue weighted by molar-refractivity contribution is -0.139. The van der Waals surface area contributed by atoms with E-state index < -0.39 is 16.0 Å². The van der Waals surface area contributed by atoms with Gasteiger partial charge in [-0.15, -0.1) is 11.3 Å². The first-order valence-electron chi connectivity index (χ1n) is 5.71. The number of carbonyl (C=O) groups is 1. The number of esters is 1. The lowest BCUT2D eigenvalue weighted by atomic mass is 10.3. The van der Waals surface area contributed by atoms with Crippen LogP contribution in [0.3, 0.4) is 0 Å². The van der Waals surface area contributed by atoms with Crippen LogP contribution in [0.1, 0.15) is 5.69 Å². The molecule has 0 saturated heterocycles. The highest BCUT2D eigenvalue weighted by molar-refractivity contribution is 9.10. The van der Waals surface area contributed by atoms with E-state index in [0.29, 0.717) is 10.2 Å². The number of nitrogens with one attached hydrogen (secondary N) is 1. The Balaban J connectivity index is 2.18. The fraction of sp³-hybridized carbons (Fsp3) is 0.167. The number of hydrogen-bond acceptors (Lipinski definition) is 6. The monoisotopic (exact) mass is 390 g/mol. The second-order valence-corrected chi connectivity index (χ2v) is 7.30. The third-order valence-corrected chi connectivity index (χ3v) is 5.74. The number of rotatable bonds is 5. The van der Waals surface area contributed by atoms with Crippen LogP contribution in [0.2, 0.25) is 0 Å². The minimum absolute atomic E-state index is 0.00373. The van der Waals surface area contributed by atoms with Crippen molar-refractivity contribution in [1.82, 2.24) is 4.98 Å². The minimum Gasteiger partial charge on any atom is -0.469 e. The van der Waals surface area contributed by atoms with Crippen LogP contribution in [0, 0.1) is 0 Å². The molecule has 0 spiro atoms. The second-order valence-electron chi connectivity index (χ2n) is 3.93. The van der Waals surface area contributed by atoms with Gasteiger partial charge in [-0.25, -0.2) is 13.4 Å². The number of thiazole rings is 1. The molecule has 1 aromatic heterocycles. The number of hydrogen-bond donors (Lipinski definition) is 1. The summed E-state index contributed by atoms with van der Waals surface area (Å²) in [6.07, 6.45) is 0.00373. The molecule has 0 unspecified atom stereocenters. The van der Waals surface area contributed by atoms with Gasteiger partial charge in [0.2, 0.25) is 0 Å². The molecule has 0 bridgehead atoms. The molecule has 0 amide bonds. The van der Waals surface area contributed by atoms with E-state index in [-0.39, 0.29) is 16.4 Å². The second kappa shape index (κ2) is 6.54. The topological polar surface area (TPSA) is 85.4 Å². The van der Waals surface area contributed by atoms with Gasteiger partial charge in [-0.1, -0.05) is 12.1 Å². The third kappa shape index (κ3) is 4.02. The predicted octanol–water partition coefficient (Wildman–Crippen LogP) is 2.42. The van der Waals surface area contributed by atoms with Gasteiger partial charge in [-0.3, -0.25) is 9.52 Å². The van der Waals surface area contributed by atoms with Gasteiger partial charge in [-0.05, 0) is 28.1 Å². The number of methoxy groups -OCH3 is 1. The van der Waals surface area contributed by atoms with Gasteiger partial charge >= 0.3 is 5.97 Å². The van der Waals surface area contributed by atoms with Crippen LogP contribution >= 0.6 is 27.3 Å². The third-order valence-electron chi connectivity index (χ3n) is 2.45. The van der Waals surface area contributed by atoms with Gasteiger partial charge in [0.1, 0.15) is 4.90 Å². The zero-order valence-electron chi connectivity index (χ0n) is 10.9. The largest absolute Gasteiger partial charge is 0.469 e. The predicted molar refractivity (Wildman–Crippen MR) is 82.8 cm³/mol. The Morgan fingerprint density at radius 3 is 2.81 bits per heavy atom. The summed E-state index contributed by atoms with van der Waals surface area (Å²) in [6, 6.07) is 6.47. The molecule has 2 aromatic rings. The zero-order chi connectivity index (χ0) is 15.5. The number of nitrogens with zero attached hydrogens (tertiary/aromatic N) is 1. The van der Waals surface area contributed by atoms with Crippen LogP contribution in [0.15, 0.2) is 39.0 Å².